The van der Waals surface area contributed by atoms with E-state index in [9.17, 15) is 0 Å². The molecule has 0 spiro atoms. The summed E-state index contributed by atoms with van der Waals surface area (Å²) >= 11 is 0. The van der Waals surface area contributed by atoms with Crippen molar-refractivity contribution in [3.05, 3.63) is 90.7 Å². The molecule has 3 aromatic rings. The first-order valence-corrected chi connectivity index (χ1v) is 9.12. The Morgan fingerprint density at radius 3 is 2.07 bits per heavy atom. The Labute approximate surface area is 170 Å². The molecule has 29 heavy (non-hydrogen) atoms. The maximum Gasteiger partial charge on any atom is 0.225 e. The minimum absolute atomic E-state index is 0.416. The molecule has 0 fully saturated rings. The Balaban J connectivity index is 1.90. The van der Waals surface area contributed by atoms with Gasteiger partial charge in [0.2, 0.25) is 5.90 Å². The molecule has 0 amide bonds. The van der Waals surface area contributed by atoms with Crippen LogP contribution in [0.25, 0.3) is 0 Å². The van der Waals surface area contributed by atoms with Gasteiger partial charge in [-0.25, -0.2) is 4.99 Å². The summed E-state index contributed by atoms with van der Waals surface area (Å²) in [4.78, 5) is 4.64. The van der Waals surface area contributed by atoms with Gasteiger partial charge in [0.25, 0.3) is 0 Å². The average molecular weight is 389 g/mol. The van der Waals surface area contributed by atoms with Gasteiger partial charge >= 0.3 is 0 Å². The highest BCUT2D eigenvalue weighted by molar-refractivity contribution is 5.96. The number of benzene rings is 3. The molecule has 0 unspecified atom stereocenters. The first-order valence-electron chi connectivity index (χ1n) is 9.12. The monoisotopic (exact) mass is 389 g/mol. The highest BCUT2D eigenvalue weighted by Gasteiger charge is 2.11. The fourth-order valence-corrected chi connectivity index (χ4v) is 2.51. The van der Waals surface area contributed by atoms with E-state index in [4.69, 9.17) is 18.9 Å². The molecule has 0 bridgehead atoms. The number of hydrogen-bond donors (Lipinski definition) is 0. The summed E-state index contributed by atoms with van der Waals surface area (Å²) in [6, 6.07) is 24.5. The number of aliphatic imine (C=N–C) groups is 1. The zero-order valence-electron chi connectivity index (χ0n) is 16.7. The molecule has 0 saturated carbocycles. The molecule has 3 rings (SSSR count). The zero-order chi connectivity index (χ0) is 20.5. The smallest absolute Gasteiger partial charge is 0.225 e. The van der Waals surface area contributed by atoms with Crippen molar-refractivity contribution in [1.29, 1.82) is 0 Å². The van der Waals surface area contributed by atoms with E-state index in [1.807, 2.05) is 67.6 Å². The predicted molar refractivity (Wildman–Crippen MR) is 115 cm³/mol. The van der Waals surface area contributed by atoms with Gasteiger partial charge in [-0.2, -0.15) is 0 Å². The van der Waals surface area contributed by atoms with E-state index in [1.54, 1.807) is 38.7 Å². The second-order valence-electron chi connectivity index (χ2n) is 6.10. The molecule has 0 N–H and O–H groups in total. The lowest BCUT2D eigenvalue weighted by atomic mass is 10.2. The van der Waals surface area contributed by atoms with E-state index in [0.717, 1.165) is 17.0 Å². The van der Waals surface area contributed by atoms with Crippen LogP contribution in [-0.4, -0.2) is 20.1 Å². The van der Waals surface area contributed by atoms with Gasteiger partial charge < -0.3 is 18.9 Å². The van der Waals surface area contributed by atoms with Gasteiger partial charge in [-0.15, -0.1) is 0 Å². The lowest BCUT2D eigenvalue weighted by Gasteiger charge is -2.13. The van der Waals surface area contributed by atoms with Crippen LogP contribution in [0.5, 0.6) is 23.0 Å². The van der Waals surface area contributed by atoms with Crippen molar-refractivity contribution in [1.82, 2.24) is 0 Å². The lowest BCUT2D eigenvalue weighted by molar-refractivity contribution is 0.353. The van der Waals surface area contributed by atoms with Gasteiger partial charge in [-0.3, -0.25) is 0 Å². The lowest BCUT2D eigenvalue weighted by Crippen LogP contribution is -2.11. The van der Waals surface area contributed by atoms with Gasteiger partial charge in [0.05, 0.1) is 26.2 Å². The topological polar surface area (TPSA) is 49.3 Å². The highest BCUT2D eigenvalue weighted by Crippen LogP contribution is 2.31. The molecule has 0 aliphatic rings. The summed E-state index contributed by atoms with van der Waals surface area (Å²) in [7, 11) is 3.17. The van der Waals surface area contributed by atoms with E-state index in [0.29, 0.717) is 23.1 Å². The zero-order valence-corrected chi connectivity index (χ0v) is 16.7. The minimum atomic E-state index is 0.416. The summed E-state index contributed by atoms with van der Waals surface area (Å²) in [6.45, 7) is 1.88. The molecule has 0 radical (unpaired) electrons. The second kappa shape index (κ2) is 9.99. The van der Waals surface area contributed by atoms with Crippen LogP contribution in [0.2, 0.25) is 0 Å². The van der Waals surface area contributed by atoms with Crippen molar-refractivity contribution >= 4 is 11.6 Å². The Kier molecular flexibility index (Phi) is 6.90. The van der Waals surface area contributed by atoms with Crippen LogP contribution in [0.15, 0.2) is 95.7 Å². The first kappa shape index (κ1) is 20.0. The van der Waals surface area contributed by atoms with Crippen LogP contribution in [0, 0.1) is 0 Å². The fraction of sp³-hybridized carbons (Fsp3) is 0.125. The van der Waals surface area contributed by atoms with Gasteiger partial charge in [-0.05, 0) is 43.3 Å². The van der Waals surface area contributed by atoms with E-state index in [1.165, 1.54) is 0 Å². The molecular formula is C24H23NO4. The molecule has 0 aliphatic carbocycles. The third-order valence-corrected chi connectivity index (χ3v) is 4.01. The number of methoxy groups -OCH3 is 2. The summed E-state index contributed by atoms with van der Waals surface area (Å²) in [5.74, 6) is 2.92. The standard InChI is InChI=1S/C24H23NO4/c1-18(17-28-20-12-8-5-9-13-20)24(25-19-10-6-4-7-11-19)29-21-14-15-22(26-2)23(16-21)27-3/h4-17H,1-3H3/b18-17+,25-24?. The molecular weight excluding hydrogens is 366 g/mol. The van der Waals surface area contributed by atoms with Gasteiger partial charge in [0.1, 0.15) is 11.5 Å². The van der Waals surface area contributed by atoms with E-state index < -0.39 is 0 Å². The molecule has 0 atom stereocenters. The van der Waals surface area contributed by atoms with Crippen molar-refractivity contribution in [2.75, 3.05) is 14.2 Å². The van der Waals surface area contributed by atoms with Crippen molar-refractivity contribution in [2.24, 2.45) is 4.99 Å². The molecule has 0 aromatic heterocycles. The van der Waals surface area contributed by atoms with E-state index in [2.05, 4.69) is 4.99 Å². The summed E-state index contributed by atoms with van der Waals surface area (Å²) in [5.41, 5.74) is 1.50. The Bertz CT molecular complexity index is 982. The van der Waals surface area contributed by atoms with E-state index >= 15 is 0 Å². The second-order valence-corrected chi connectivity index (χ2v) is 6.10. The first-order chi connectivity index (χ1) is 14.2. The third kappa shape index (κ3) is 5.62. The van der Waals surface area contributed by atoms with Crippen LogP contribution in [-0.2, 0) is 0 Å². The van der Waals surface area contributed by atoms with Gasteiger partial charge in [-0.1, -0.05) is 36.4 Å². The van der Waals surface area contributed by atoms with Gasteiger partial charge in [0, 0.05) is 11.6 Å². The Morgan fingerprint density at radius 1 is 0.759 bits per heavy atom. The number of hydrogen-bond acceptors (Lipinski definition) is 5. The quantitative estimate of drug-likeness (QED) is 0.291. The number of nitrogens with zero attached hydrogens (tertiary/aromatic N) is 1. The normalized spacial score (nSPS) is 11.7. The fourth-order valence-electron chi connectivity index (χ4n) is 2.51. The molecule has 0 saturated heterocycles. The predicted octanol–water partition coefficient (Wildman–Crippen LogP) is 5.80. The Hall–Kier alpha value is -3.73. The number of ether oxygens (including phenoxy) is 4. The molecule has 5 nitrogen and oxygen atoms in total. The molecule has 0 aliphatic heterocycles. The maximum absolute atomic E-state index is 6.08. The van der Waals surface area contributed by atoms with Crippen LogP contribution in [0.4, 0.5) is 5.69 Å². The largest absolute Gasteiger partial charge is 0.493 e. The number of para-hydroxylation sites is 2. The molecule has 0 heterocycles. The molecule has 3 aromatic carbocycles. The van der Waals surface area contributed by atoms with Crippen LogP contribution in [0.1, 0.15) is 6.92 Å². The van der Waals surface area contributed by atoms with Crippen molar-refractivity contribution in [3.63, 3.8) is 0 Å². The number of rotatable bonds is 7. The maximum atomic E-state index is 6.08. The minimum Gasteiger partial charge on any atom is -0.493 e. The van der Waals surface area contributed by atoms with Crippen LogP contribution in [0.3, 0.4) is 0 Å². The van der Waals surface area contributed by atoms with Crippen molar-refractivity contribution in [2.45, 2.75) is 6.92 Å². The third-order valence-electron chi connectivity index (χ3n) is 4.01. The van der Waals surface area contributed by atoms with Crippen molar-refractivity contribution < 1.29 is 18.9 Å². The highest BCUT2D eigenvalue weighted by atomic mass is 16.5. The van der Waals surface area contributed by atoms with E-state index in [-0.39, 0.29) is 0 Å². The summed E-state index contributed by atoms with van der Waals surface area (Å²) < 4.78 is 22.5. The average Bonchev–Trinajstić information content (AvgIpc) is 2.78. The van der Waals surface area contributed by atoms with Gasteiger partial charge in [0.15, 0.2) is 11.5 Å². The summed E-state index contributed by atoms with van der Waals surface area (Å²) in [5, 5.41) is 0. The van der Waals surface area contributed by atoms with Crippen LogP contribution >= 0.6 is 0 Å². The van der Waals surface area contributed by atoms with Crippen LogP contribution < -0.4 is 18.9 Å². The molecule has 5 heteroatoms. The molecule has 148 valence electrons. The van der Waals surface area contributed by atoms with Crippen molar-refractivity contribution in [3.8, 4) is 23.0 Å². The SMILES string of the molecule is COc1ccc(OC(=Nc2ccccc2)/C(C)=C/Oc2ccccc2)cc1OC. The Morgan fingerprint density at radius 2 is 1.41 bits per heavy atom. The summed E-state index contributed by atoms with van der Waals surface area (Å²) in [6.07, 6.45) is 1.62.